The molecular weight excluding hydrogens is 186 g/mol. The number of hydrogen-bond acceptors (Lipinski definition) is 5. The van der Waals surface area contributed by atoms with Gasteiger partial charge in [-0.3, -0.25) is 0 Å². The van der Waals surface area contributed by atoms with Gasteiger partial charge >= 0.3 is 0 Å². The summed E-state index contributed by atoms with van der Waals surface area (Å²) in [4.78, 5) is 4.13. The van der Waals surface area contributed by atoms with Crippen molar-refractivity contribution in [3.63, 3.8) is 0 Å². The first-order chi connectivity index (χ1) is 6.29. The molecule has 0 aromatic carbocycles. The SMILES string of the molecule is Cn1cnnc1C(N)c1cscn1. The van der Waals surface area contributed by atoms with E-state index in [-0.39, 0.29) is 6.04 Å². The van der Waals surface area contributed by atoms with Crippen molar-refractivity contribution in [3.8, 4) is 0 Å². The van der Waals surface area contributed by atoms with Gasteiger partial charge in [0.15, 0.2) is 5.82 Å². The second-order valence-electron chi connectivity index (χ2n) is 2.69. The maximum absolute atomic E-state index is 5.93. The van der Waals surface area contributed by atoms with Gasteiger partial charge in [0.1, 0.15) is 12.4 Å². The number of thiazole rings is 1. The van der Waals surface area contributed by atoms with Crippen molar-refractivity contribution in [2.24, 2.45) is 12.8 Å². The summed E-state index contributed by atoms with van der Waals surface area (Å²) in [6.45, 7) is 0. The zero-order chi connectivity index (χ0) is 9.26. The number of hydrogen-bond donors (Lipinski definition) is 1. The van der Waals surface area contributed by atoms with Gasteiger partial charge in [0.2, 0.25) is 0 Å². The van der Waals surface area contributed by atoms with E-state index in [0.717, 1.165) is 11.5 Å². The maximum atomic E-state index is 5.93. The topological polar surface area (TPSA) is 69.6 Å². The predicted octanol–water partition coefficient (Wildman–Crippen LogP) is 0.320. The summed E-state index contributed by atoms with van der Waals surface area (Å²) in [5, 5.41) is 9.60. The van der Waals surface area contributed by atoms with Crippen molar-refractivity contribution in [1.82, 2.24) is 19.7 Å². The number of rotatable bonds is 2. The molecule has 0 aliphatic rings. The summed E-state index contributed by atoms with van der Waals surface area (Å²) in [6, 6.07) is -0.279. The van der Waals surface area contributed by atoms with Crippen LogP contribution in [0.3, 0.4) is 0 Å². The highest BCUT2D eigenvalue weighted by atomic mass is 32.1. The van der Waals surface area contributed by atoms with Crippen molar-refractivity contribution in [2.45, 2.75) is 6.04 Å². The molecule has 0 amide bonds. The first kappa shape index (κ1) is 8.33. The van der Waals surface area contributed by atoms with E-state index in [1.807, 2.05) is 12.4 Å². The van der Waals surface area contributed by atoms with Crippen LogP contribution in [0.25, 0.3) is 0 Å². The van der Waals surface area contributed by atoms with E-state index < -0.39 is 0 Å². The average Bonchev–Trinajstić information content (AvgIpc) is 2.72. The van der Waals surface area contributed by atoms with Gasteiger partial charge in [0, 0.05) is 12.4 Å². The molecular formula is C7H9N5S. The fourth-order valence-electron chi connectivity index (χ4n) is 1.08. The fourth-order valence-corrected chi connectivity index (χ4v) is 1.67. The Labute approximate surface area is 79.2 Å². The summed E-state index contributed by atoms with van der Waals surface area (Å²) in [5.41, 5.74) is 8.52. The third kappa shape index (κ3) is 1.45. The predicted molar refractivity (Wildman–Crippen MR) is 49.1 cm³/mol. The van der Waals surface area contributed by atoms with E-state index in [0.29, 0.717) is 0 Å². The van der Waals surface area contributed by atoms with Crippen LogP contribution in [-0.2, 0) is 7.05 Å². The second kappa shape index (κ2) is 3.23. The van der Waals surface area contributed by atoms with Crippen LogP contribution < -0.4 is 5.73 Å². The van der Waals surface area contributed by atoms with Crippen molar-refractivity contribution in [1.29, 1.82) is 0 Å². The standard InChI is InChI=1S/C7H9N5S/c1-12-3-10-11-7(12)6(8)5-2-13-4-9-5/h2-4,6H,8H2,1H3. The third-order valence-corrected chi connectivity index (χ3v) is 2.40. The first-order valence-corrected chi connectivity index (χ1v) is 4.71. The van der Waals surface area contributed by atoms with Gasteiger partial charge in [0.05, 0.1) is 11.2 Å². The lowest BCUT2D eigenvalue weighted by Gasteiger charge is -2.06. The van der Waals surface area contributed by atoms with Crippen LogP contribution in [0, 0.1) is 0 Å². The number of nitrogens with two attached hydrogens (primary N) is 1. The minimum atomic E-state index is -0.279. The summed E-state index contributed by atoms with van der Waals surface area (Å²) >= 11 is 1.52. The Morgan fingerprint density at radius 1 is 1.62 bits per heavy atom. The monoisotopic (exact) mass is 195 g/mol. The Balaban J connectivity index is 2.33. The first-order valence-electron chi connectivity index (χ1n) is 3.76. The molecule has 13 heavy (non-hydrogen) atoms. The van der Waals surface area contributed by atoms with Gasteiger partial charge in [-0.25, -0.2) is 4.98 Å². The summed E-state index contributed by atoms with van der Waals surface area (Å²) in [6.07, 6.45) is 1.63. The third-order valence-electron chi connectivity index (χ3n) is 1.79. The molecule has 2 aromatic rings. The fraction of sp³-hybridized carbons (Fsp3) is 0.286. The quantitative estimate of drug-likeness (QED) is 0.749. The van der Waals surface area contributed by atoms with Crippen molar-refractivity contribution in [3.05, 3.63) is 28.7 Å². The molecule has 0 fully saturated rings. The lowest BCUT2D eigenvalue weighted by Crippen LogP contribution is -2.16. The largest absolute Gasteiger partial charge is 0.319 e. The van der Waals surface area contributed by atoms with E-state index in [9.17, 15) is 0 Å². The van der Waals surface area contributed by atoms with Crippen molar-refractivity contribution < 1.29 is 0 Å². The molecule has 0 saturated heterocycles. The molecule has 0 aliphatic heterocycles. The second-order valence-corrected chi connectivity index (χ2v) is 3.41. The van der Waals surface area contributed by atoms with Crippen LogP contribution >= 0.6 is 11.3 Å². The molecule has 5 nitrogen and oxygen atoms in total. The lowest BCUT2D eigenvalue weighted by atomic mass is 10.2. The Bertz CT molecular complexity index is 379. The summed E-state index contributed by atoms with van der Waals surface area (Å²) in [7, 11) is 1.86. The Kier molecular flexibility index (Phi) is 2.07. The normalized spacial score (nSPS) is 13.1. The molecule has 1 atom stereocenters. The van der Waals surface area contributed by atoms with Crippen molar-refractivity contribution in [2.75, 3.05) is 0 Å². The molecule has 6 heteroatoms. The zero-order valence-electron chi connectivity index (χ0n) is 7.08. The average molecular weight is 195 g/mol. The summed E-state index contributed by atoms with van der Waals surface area (Å²) in [5.74, 6) is 0.728. The van der Waals surface area contributed by atoms with E-state index in [1.54, 1.807) is 16.4 Å². The minimum Gasteiger partial charge on any atom is -0.319 e. The molecule has 68 valence electrons. The minimum absolute atomic E-state index is 0.279. The van der Waals surface area contributed by atoms with E-state index in [2.05, 4.69) is 15.2 Å². The van der Waals surface area contributed by atoms with Crippen molar-refractivity contribution >= 4 is 11.3 Å². The molecule has 0 aliphatic carbocycles. The molecule has 0 bridgehead atoms. The highest BCUT2D eigenvalue weighted by Crippen LogP contribution is 2.15. The van der Waals surface area contributed by atoms with E-state index in [1.165, 1.54) is 11.3 Å². The van der Waals surface area contributed by atoms with Gasteiger partial charge in [-0.2, -0.15) is 0 Å². The Hall–Kier alpha value is -1.27. The molecule has 1 unspecified atom stereocenters. The Morgan fingerprint density at radius 2 is 2.46 bits per heavy atom. The molecule has 2 rings (SSSR count). The van der Waals surface area contributed by atoms with Crippen LogP contribution in [0.1, 0.15) is 17.6 Å². The van der Waals surface area contributed by atoms with Crippen LogP contribution in [0.5, 0.6) is 0 Å². The van der Waals surface area contributed by atoms with Gasteiger partial charge in [-0.05, 0) is 0 Å². The van der Waals surface area contributed by atoms with E-state index in [4.69, 9.17) is 5.73 Å². The zero-order valence-corrected chi connectivity index (χ0v) is 7.90. The molecule has 2 N–H and O–H groups in total. The Morgan fingerprint density at radius 3 is 3.00 bits per heavy atom. The molecule has 0 spiro atoms. The van der Waals surface area contributed by atoms with E-state index >= 15 is 0 Å². The highest BCUT2D eigenvalue weighted by molar-refractivity contribution is 7.07. The van der Waals surface area contributed by atoms with Gasteiger partial charge in [0.25, 0.3) is 0 Å². The van der Waals surface area contributed by atoms with Gasteiger partial charge in [-0.1, -0.05) is 0 Å². The maximum Gasteiger partial charge on any atom is 0.155 e. The molecule has 2 heterocycles. The number of aryl methyl sites for hydroxylation is 1. The number of nitrogens with zero attached hydrogens (tertiary/aromatic N) is 4. The molecule has 0 radical (unpaired) electrons. The lowest BCUT2D eigenvalue weighted by molar-refractivity contribution is 0.701. The van der Waals surface area contributed by atoms with Gasteiger partial charge in [-0.15, -0.1) is 21.5 Å². The smallest absolute Gasteiger partial charge is 0.155 e. The van der Waals surface area contributed by atoms with Gasteiger partial charge < -0.3 is 10.3 Å². The van der Waals surface area contributed by atoms with Crippen LogP contribution in [0.15, 0.2) is 17.2 Å². The molecule has 2 aromatic heterocycles. The van der Waals surface area contributed by atoms with Crippen LogP contribution in [-0.4, -0.2) is 19.7 Å². The highest BCUT2D eigenvalue weighted by Gasteiger charge is 2.15. The summed E-state index contributed by atoms with van der Waals surface area (Å²) < 4.78 is 1.80. The molecule has 0 saturated carbocycles. The van der Waals surface area contributed by atoms with Crippen LogP contribution in [0.4, 0.5) is 0 Å². The van der Waals surface area contributed by atoms with Crippen LogP contribution in [0.2, 0.25) is 0 Å². The number of aromatic nitrogens is 4.